The third kappa shape index (κ3) is 2.78. The molecule has 21 heavy (non-hydrogen) atoms. The van der Waals surface area contributed by atoms with Gasteiger partial charge in [-0.05, 0) is 31.9 Å². The minimum absolute atomic E-state index is 0.209. The molecule has 1 aliphatic heterocycles. The van der Waals surface area contributed by atoms with Crippen LogP contribution in [0.5, 0.6) is 0 Å². The number of aromatic nitrogens is 3. The van der Waals surface area contributed by atoms with Gasteiger partial charge in [0.2, 0.25) is 11.7 Å². The maximum Gasteiger partial charge on any atom is 0.247 e. The lowest BCUT2D eigenvalue weighted by atomic mass is 9.92. The van der Waals surface area contributed by atoms with Crippen molar-refractivity contribution in [1.29, 1.82) is 0 Å². The average molecular weight is 327 g/mol. The van der Waals surface area contributed by atoms with Gasteiger partial charge >= 0.3 is 0 Å². The molecule has 0 aliphatic carbocycles. The van der Waals surface area contributed by atoms with Crippen molar-refractivity contribution in [2.24, 2.45) is 0 Å². The van der Waals surface area contributed by atoms with Gasteiger partial charge in [-0.2, -0.15) is 4.98 Å². The van der Waals surface area contributed by atoms with Crippen molar-refractivity contribution in [1.82, 2.24) is 20.4 Å². The van der Waals surface area contributed by atoms with Crippen LogP contribution >= 0.6 is 23.2 Å². The molecule has 3 heterocycles. The van der Waals surface area contributed by atoms with Gasteiger partial charge in [0.1, 0.15) is 5.69 Å². The second-order valence-corrected chi connectivity index (χ2v) is 6.11. The molecule has 1 aliphatic rings. The highest BCUT2D eigenvalue weighted by atomic mass is 35.5. The molecule has 7 heteroatoms. The fraction of sp³-hybridized carbons (Fsp3) is 0.500. The largest absolute Gasteiger partial charge is 0.337 e. The summed E-state index contributed by atoms with van der Waals surface area (Å²) in [5.74, 6) is 1.01. The van der Waals surface area contributed by atoms with E-state index in [1.807, 2.05) is 0 Å². The van der Waals surface area contributed by atoms with Crippen LogP contribution in [-0.2, 0) is 5.54 Å². The number of halogens is 2. The predicted molar refractivity (Wildman–Crippen MR) is 81.4 cm³/mol. The van der Waals surface area contributed by atoms with Crippen molar-refractivity contribution in [3.63, 3.8) is 0 Å². The van der Waals surface area contributed by atoms with Gasteiger partial charge in [-0.25, -0.2) is 4.98 Å². The van der Waals surface area contributed by atoms with E-state index in [2.05, 4.69) is 27.4 Å². The fourth-order valence-electron chi connectivity index (χ4n) is 2.83. The Labute approximate surface area is 133 Å². The first-order valence-electron chi connectivity index (χ1n) is 7.05. The van der Waals surface area contributed by atoms with E-state index >= 15 is 0 Å². The molecule has 5 nitrogen and oxygen atoms in total. The van der Waals surface area contributed by atoms with Gasteiger partial charge < -0.3 is 9.84 Å². The quantitative estimate of drug-likeness (QED) is 0.925. The molecule has 1 atom stereocenters. The van der Waals surface area contributed by atoms with E-state index in [-0.39, 0.29) is 5.54 Å². The van der Waals surface area contributed by atoms with Crippen LogP contribution in [0.4, 0.5) is 0 Å². The highest BCUT2D eigenvalue weighted by Gasteiger charge is 2.39. The topological polar surface area (TPSA) is 63.8 Å². The van der Waals surface area contributed by atoms with Gasteiger partial charge in [0.05, 0.1) is 15.6 Å². The summed E-state index contributed by atoms with van der Waals surface area (Å²) in [5, 5.41) is 8.43. The first-order chi connectivity index (χ1) is 10.1. The highest BCUT2D eigenvalue weighted by molar-refractivity contribution is 6.35. The van der Waals surface area contributed by atoms with Crippen molar-refractivity contribution in [2.45, 2.75) is 38.1 Å². The van der Waals surface area contributed by atoms with Crippen LogP contribution in [0.25, 0.3) is 11.5 Å². The van der Waals surface area contributed by atoms with Gasteiger partial charge in [0.15, 0.2) is 0 Å². The minimum atomic E-state index is -0.209. The van der Waals surface area contributed by atoms with Crippen LogP contribution in [0.3, 0.4) is 0 Å². The van der Waals surface area contributed by atoms with Crippen molar-refractivity contribution in [2.75, 3.05) is 6.54 Å². The molecule has 112 valence electrons. The zero-order chi connectivity index (χ0) is 14.9. The molecule has 1 saturated heterocycles. The Kier molecular flexibility index (Phi) is 4.15. The molecule has 0 bridgehead atoms. The summed E-state index contributed by atoms with van der Waals surface area (Å²) < 4.78 is 5.49. The average Bonchev–Trinajstić information content (AvgIpc) is 3.08. The molecule has 1 N–H and O–H groups in total. The van der Waals surface area contributed by atoms with Crippen LogP contribution in [0.1, 0.15) is 38.5 Å². The van der Waals surface area contributed by atoms with Gasteiger partial charge in [0.25, 0.3) is 0 Å². The molecule has 0 saturated carbocycles. The maximum absolute atomic E-state index is 6.14. The van der Waals surface area contributed by atoms with Gasteiger partial charge in [0, 0.05) is 6.20 Å². The predicted octanol–water partition coefficient (Wildman–Crippen LogP) is 3.82. The molecular weight excluding hydrogens is 311 g/mol. The number of pyridine rings is 1. The third-order valence-electron chi connectivity index (χ3n) is 3.78. The molecule has 1 fully saturated rings. The van der Waals surface area contributed by atoms with Crippen molar-refractivity contribution in [3.8, 4) is 11.5 Å². The van der Waals surface area contributed by atoms with Crippen LogP contribution in [-0.4, -0.2) is 21.7 Å². The van der Waals surface area contributed by atoms with E-state index in [1.54, 1.807) is 6.07 Å². The van der Waals surface area contributed by atoms with E-state index in [9.17, 15) is 0 Å². The van der Waals surface area contributed by atoms with Gasteiger partial charge in [-0.3, -0.25) is 0 Å². The fourth-order valence-corrected chi connectivity index (χ4v) is 3.29. The second kappa shape index (κ2) is 5.91. The molecule has 3 rings (SSSR count). The van der Waals surface area contributed by atoms with E-state index < -0.39 is 0 Å². The standard InChI is InChI=1S/C14H16Cl2N4O/c1-2-4-14(5-3-6-18-14)13-19-12(20-21-13)11-10(16)7-9(15)8-17-11/h7-8,18H,2-6H2,1H3. The lowest BCUT2D eigenvalue weighted by molar-refractivity contribution is 0.241. The Bertz CT molecular complexity index is 638. The van der Waals surface area contributed by atoms with E-state index in [0.29, 0.717) is 27.5 Å². The summed E-state index contributed by atoms with van der Waals surface area (Å²) in [6, 6.07) is 1.62. The number of hydrogen-bond donors (Lipinski definition) is 1. The van der Waals surface area contributed by atoms with E-state index in [1.165, 1.54) is 6.20 Å². The molecule has 0 spiro atoms. The Morgan fingerprint density at radius 2 is 2.29 bits per heavy atom. The molecule has 2 aromatic rings. The number of rotatable bonds is 4. The lowest BCUT2D eigenvalue weighted by Gasteiger charge is -2.24. The Balaban J connectivity index is 1.95. The Morgan fingerprint density at radius 1 is 1.43 bits per heavy atom. The van der Waals surface area contributed by atoms with Crippen molar-refractivity contribution >= 4 is 23.2 Å². The Hall–Kier alpha value is -1.17. The summed E-state index contributed by atoms with van der Waals surface area (Å²) in [5.41, 5.74) is 0.277. The molecular formula is C14H16Cl2N4O. The van der Waals surface area contributed by atoms with E-state index in [4.69, 9.17) is 27.7 Å². The van der Waals surface area contributed by atoms with Crippen molar-refractivity contribution < 1.29 is 4.52 Å². The Morgan fingerprint density at radius 3 is 2.95 bits per heavy atom. The lowest BCUT2D eigenvalue weighted by Crippen LogP contribution is -2.36. The van der Waals surface area contributed by atoms with E-state index in [0.717, 1.165) is 32.2 Å². The molecule has 2 aromatic heterocycles. The summed E-state index contributed by atoms with van der Waals surface area (Å²) in [6.45, 7) is 3.12. The smallest absolute Gasteiger partial charge is 0.247 e. The minimum Gasteiger partial charge on any atom is -0.337 e. The van der Waals surface area contributed by atoms with Gasteiger partial charge in [-0.15, -0.1) is 0 Å². The maximum atomic E-state index is 6.14. The second-order valence-electron chi connectivity index (χ2n) is 5.27. The molecule has 0 radical (unpaired) electrons. The molecule has 0 aromatic carbocycles. The number of nitrogens with one attached hydrogen (secondary N) is 1. The number of nitrogens with zero attached hydrogens (tertiary/aromatic N) is 3. The van der Waals surface area contributed by atoms with Crippen LogP contribution in [0.2, 0.25) is 10.0 Å². The van der Waals surface area contributed by atoms with Gasteiger partial charge in [-0.1, -0.05) is 41.7 Å². The summed E-state index contributed by atoms with van der Waals surface area (Å²) in [4.78, 5) is 8.70. The first kappa shape index (κ1) is 14.8. The summed E-state index contributed by atoms with van der Waals surface area (Å²) in [6.07, 6.45) is 5.65. The highest BCUT2D eigenvalue weighted by Crippen LogP contribution is 2.35. The zero-order valence-electron chi connectivity index (χ0n) is 11.7. The zero-order valence-corrected chi connectivity index (χ0v) is 13.2. The number of hydrogen-bond acceptors (Lipinski definition) is 5. The molecule has 0 amide bonds. The molecule has 1 unspecified atom stereocenters. The van der Waals surface area contributed by atoms with Crippen LogP contribution in [0.15, 0.2) is 16.8 Å². The van der Waals surface area contributed by atoms with Crippen molar-refractivity contribution in [3.05, 3.63) is 28.2 Å². The summed E-state index contributed by atoms with van der Waals surface area (Å²) >= 11 is 12.0. The summed E-state index contributed by atoms with van der Waals surface area (Å²) in [7, 11) is 0. The van der Waals surface area contributed by atoms with Crippen LogP contribution in [0, 0.1) is 0 Å². The van der Waals surface area contributed by atoms with Crippen LogP contribution < -0.4 is 5.32 Å². The monoisotopic (exact) mass is 326 g/mol. The SMILES string of the molecule is CCCC1(c2nc(-c3ncc(Cl)cc3Cl)no2)CCCN1. The normalized spacial score (nSPS) is 21.9. The third-order valence-corrected chi connectivity index (χ3v) is 4.27. The first-order valence-corrected chi connectivity index (χ1v) is 7.81.